The topological polar surface area (TPSA) is 126 Å². The summed E-state index contributed by atoms with van der Waals surface area (Å²) < 4.78 is 51.2. The molecule has 1 saturated heterocycles. The molecule has 2 aliphatic heterocycles. The Morgan fingerprint density at radius 2 is 1.73 bits per heavy atom. The number of hydrogen-bond donors (Lipinski definition) is 0. The van der Waals surface area contributed by atoms with Gasteiger partial charge in [-0.3, -0.25) is 9.59 Å². The predicted molar refractivity (Wildman–Crippen MR) is 133 cm³/mol. The highest BCUT2D eigenvalue weighted by Gasteiger charge is 2.32. The lowest BCUT2D eigenvalue weighted by Gasteiger charge is -2.34. The van der Waals surface area contributed by atoms with Crippen LogP contribution >= 0.6 is 11.3 Å². The summed E-state index contributed by atoms with van der Waals surface area (Å²) in [6, 6.07) is 9.16. The monoisotopic (exact) mass is 547 g/mol. The van der Waals surface area contributed by atoms with Gasteiger partial charge in [0, 0.05) is 30.8 Å². The molecule has 13 heteroatoms. The molecule has 0 N–H and O–H groups in total. The molecule has 0 aliphatic carbocycles. The lowest BCUT2D eigenvalue weighted by molar-refractivity contribution is -0.141. The molecule has 0 radical (unpaired) electrons. The molecule has 1 aromatic heterocycles. The lowest BCUT2D eigenvalue weighted by atomic mass is 10.2. The van der Waals surface area contributed by atoms with Crippen molar-refractivity contribution in [1.82, 2.24) is 8.87 Å². The smallest absolute Gasteiger partial charge is 0.325 e. The van der Waals surface area contributed by atoms with Gasteiger partial charge in [-0.25, -0.2) is 8.42 Å². The zero-order chi connectivity index (χ0) is 26.3. The van der Waals surface area contributed by atoms with E-state index in [1.165, 1.54) is 47.0 Å². The van der Waals surface area contributed by atoms with Gasteiger partial charge in [-0.05, 0) is 38.1 Å². The second-order valence-corrected chi connectivity index (χ2v) is 11.7. The van der Waals surface area contributed by atoms with Crippen molar-refractivity contribution in [3.05, 3.63) is 46.8 Å². The molecule has 2 atom stereocenters. The molecule has 5 rings (SSSR count). The van der Waals surface area contributed by atoms with Crippen LogP contribution in [0.5, 0.6) is 11.5 Å². The molecule has 1 amide bonds. The molecule has 3 aromatic rings. The minimum atomic E-state index is -3.74. The van der Waals surface area contributed by atoms with E-state index in [4.69, 9.17) is 18.9 Å². The van der Waals surface area contributed by atoms with Gasteiger partial charge in [0.1, 0.15) is 6.54 Å². The Balaban J connectivity index is 1.46. The van der Waals surface area contributed by atoms with Crippen LogP contribution in [-0.4, -0.2) is 68.4 Å². The highest BCUT2D eigenvalue weighted by molar-refractivity contribution is 7.89. The fourth-order valence-corrected chi connectivity index (χ4v) is 6.92. The summed E-state index contributed by atoms with van der Waals surface area (Å²) in [5, 5.41) is 0. The van der Waals surface area contributed by atoms with Gasteiger partial charge < -0.3 is 23.5 Å². The van der Waals surface area contributed by atoms with E-state index in [1.54, 1.807) is 16.7 Å². The van der Waals surface area contributed by atoms with Crippen LogP contribution in [0.3, 0.4) is 0 Å². The van der Waals surface area contributed by atoms with Crippen molar-refractivity contribution in [2.45, 2.75) is 37.5 Å². The SMILES string of the molecule is COC(=O)Cn1c(=NC(=O)c2ccc(S(=O)(=O)N3CC(C)OC(C)C3)cc2)sc2cc3c(cc21)OCO3. The van der Waals surface area contributed by atoms with Crippen molar-refractivity contribution in [2.75, 3.05) is 27.0 Å². The fourth-order valence-electron chi connectivity index (χ4n) is 4.29. The van der Waals surface area contributed by atoms with Crippen LogP contribution in [0.4, 0.5) is 0 Å². The summed E-state index contributed by atoms with van der Waals surface area (Å²) in [5.41, 5.74) is 0.848. The van der Waals surface area contributed by atoms with Gasteiger partial charge in [0.25, 0.3) is 5.91 Å². The number of esters is 1. The maximum atomic E-state index is 13.1. The number of benzene rings is 2. The number of aromatic nitrogens is 1. The first-order valence-corrected chi connectivity index (χ1v) is 13.8. The number of hydrogen-bond acceptors (Lipinski definition) is 9. The van der Waals surface area contributed by atoms with Crippen LogP contribution in [-0.2, 0) is 30.8 Å². The number of sulfonamides is 1. The van der Waals surface area contributed by atoms with Gasteiger partial charge in [0.05, 0.1) is 34.4 Å². The predicted octanol–water partition coefficient (Wildman–Crippen LogP) is 2.14. The maximum absolute atomic E-state index is 13.1. The number of carbonyl (C=O) groups is 2. The van der Waals surface area contributed by atoms with Gasteiger partial charge >= 0.3 is 5.97 Å². The number of rotatable bonds is 5. The van der Waals surface area contributed by atoms with E-state index in [-0.39, 0.29) is 53.9 Å². The largest absolute Gasteiger partial charge is 0.468 e. The van der Waals surface area contributed by atoms with Crippen molar-refractivity contribution in [3.8, 4) is 11.5 Å². The third-order valence-corrected chi connectivity index (χ3v) is 8.90. The standard InChI is InChI=1S/C24H25N3O8S2/c1-14-10-26(11-15(2)35-14)37(30,31)17-6-4-16(5-7-17)23(29)25-24-27(12-22(28)32-3)18-8-19-20(34-13-33-19)9-21(18)36-24/h4-9,14-15H,10-13H2,1-3H3. The number of nitrogens with zero attached hydrogens (tertiary/aromatic N) is 3. The van der Waals surface area contributed by atoms with E-state index in [2.05, 4.69) is 4.99 Å². The van der Waals surface area contributed by atoms with Crippen LogP contribution in [0.2, 0.25) is 0 Å². The third-order valence-electron chi connectivity index (χ3n) is 6.01. The molecule has 2 aliphatic rings. The first-order chi connectivity index (χ1) is 17.7. The van der Waals surface area contributed by atoms with Crippen LogP contribution < -0.4 is 14.3 Å². The summed E-state index contributed by atoms with van der Waals surface area (Å²) in [5.74, 6) is 0.00990. The lowest BCUT2D eigenvalue weighted by Crippen LogP contribution is -2.48. The number of amides is 1. The Labute approximate surface area is 216 Å². The molecule has 37 heavy (non-hydrogen) atoms. The number of morpholine rings is 1. The zero-order valence-electron chi connectivity index (χ0n) is 20.4. The minimum absolute atomic E-state index is 0.0856. The molecule has 0 bridgehead atoms. The molecule has 11 nitrogen and oxygen atoms in total. The summed E-state index contributed by atoms with van der Waals surface area (Å²) in [7, 11) is -2.46. The first-order valence-electron chi connectivity index (χ1n) is 11.5. The normalized spacial score (nSPS) is 20.4. The average molecular weight is 548 g/mol. The zero-order valence-corrected chi connectivity index (χ0v) is 22.0. The van der Waals surface area contributed by atoms with E-state index >= 15 is 0 Å². The fraction of sp³-hybridized carbons (Fsp3) is 0.375. The first kappa shape index (κ1) is 25.4. The summed E-state index contributed by atoms with van der Waals surface area (Å²) >= 11 is 1.21. The Morgan fingerprint density at radius 3 is 2.38 bits per heavy atom. The second-order valence-electron chi connectivity index (χ2n) is 8.74. The summed E-state index contributed by atoms with van der Waals surface area (Å²) in [4.78, 5) is 29.7. The van der Waals surface area contributed by atoms with E-state index in [0.717, 1.165) is 4.70 Å². The second kappa shape index (κ2) is 9.89. The highest BCUT2D eigenvalue weighted by Crippen LogP contribution is 2.37. The molecule has 196 valence electrons. The highest BCUT2D eigenvalue weighted by atomic mass is 32.2. The molecular formula is C24H25N3O8S2. The molecule has 0 spiro atoms. The Bertz CT molecular complexity index is 1530. The number of fused-ring (bicyclic) bond motifs is 2. The molecule has 2 unspecified atom stereocenters. The van der Waals surface area contributed by atoms with Gasteiger partial charge in [-0.15, -0.1) is 0 Å². The third kappa shape index (κ3) is 4.99. The van der Waals surface area contributed by atoms with Gasteiger partial charge in [0.2, 0.25) is 16.8 Å². The molecule has 3 heterocycles. The summed E-state index contributed by atoms with van der Waals surface area (Å²) in [6.45, 7) is 4.12. The van der Waals surface area contributed by atoms with Crippen LogP contribution in [0.15, 0.2) is 46.3 Å². The maximum Gasteiger partial charge on any atom is 0.325 e. The van der Waals surface area contributed by atoms with Crippen LogP contribution in [0.1, 0.15) is 24.2 Å². The van der Waals surface area contributed by atoms with Gasteiger partial charge in [-0.2, -0.15) is 9.30 Å². The Kier molecular flexibility index (Phi) is 6.79. The van der Waals surface area contributed by atoms with Crippen molar-refractivity contribution >= 4 is 43.5 Å². The van der Waals surface area contributed by atoms with Crippen molar-refractivity contribution < 1.29 is 37.0 Å². The quantitative estimate of drug-likeness (QED) is 0.445. The number of thiazole rings is 1. The van der Waals surface area contributed by atoms with E-state index < -0.39 is 21.9 Å². The molecule has 0 saturated carbocycles. The summed E-state index contributed by atoms with van der Waals surface area (Å²) in [6.07, 6.45) is -0.425. The number of ether oxygens (including phenoxy) is 4. The molecular weight excluding hydrogens is 522 g/mol. The number of methoxy groups -OCH3 is 1. The van der Waals surface area contributed by atoms with Crippen LogP contribution in [0.25, 0.3) is 10.2 Å². The van der Waals surface area contributed by atoms with E-state index in [1.807, 2.05) is 13.8 Å². The molecule has 2 aromatic carbocycles. The van der Waals surface area contributed by atoms with E-state index in [9.17, 15) is 18.0 Å². The Hall–Kier alpha value is -3.26. The average Bonchev–Trinajstić information content (AvgIpc) is 3.45. The van der Waals surface area contributed by atoms with E-state index in [0.29, 0.717) is 17.0 Å². The van der Waals surface area contributed by atoms with Crippen LogP contribution in [0, 0.1) is 0 Å². The van der Waals surface area contributed by atoms with Crippen molar-refractivity contribution in [1.29, 1.82) is 0 Å². The minimum Gasteiger partial charge on any atom is -0.468 e. The number of carbonyl (C=O) groups excluding carboxylic acids is 2. The Morgan fingerprint density at radius 1 is 1.08 bits per heavy atom. The van der Waals surface area contributed by atoms with Gasteiger partial charge in [0.15, 0.2) is 16.3 Å². The van der Waals surface area contributed by atoms with Crippen molar-refractivity contribution in [2.24, 2.45) is 4.99 Å². The molecule has 1 fully saturated rings. The van der Waals surface area contributed by atoms with Gasteiger partial charge in [-0.1, -0.05) is 11.3 Å². The van der Waals surface area contributed by atoms with Crippen molar-refractivity contribution in [3.63, 3.8) is 0 Å².